The van der Waals surface area contributed by atoms with Crippen molar-refractivity contribution in [1.29, 1.82) is 0 Å². The van der Waals surface area contributed by atoms with E-state index in [2.05, 4.69) is 19.2 Å². The zero-order valence-electron chi connectivity index (χ0n) is 11.5. The minimum absolute atomic E-state index is 0. The van der Waals surface area contributed by atoms with Gasteiger partial charge in [0.25, 0.3) is 0 Å². The Morgan fingerprint density at radius 3 is 2.32 bits per heavy atom. The van der Waals surface area contributed by atoms with Crippen LogP contribution in [0.2, 0.25) is 0 Å². The van der Waals surface area contributed by atoms with Crippen LogP contribution in [0.1, 0.15) is 13.8 Å². The van der Waals surface area contributed by atoms with Gasteiger partial charge in [-0.1, -0.05) is 18.2 Å². The lowest BCUT2D eigenvalue weighted by atomic mass is 10.2. The van der Waals surface area contributed by atoms with E-state index in [4.69, 9.17) is 0 Å². The molecule has 0 spiro atoms. The van der Waals surface area contributed by atoms with Gasteiger partial charge in [0.1, 0.15) is 0 Å². The van der Waals surface area contributed by atoms with Gasteiger partial charge in [-0.3, -0.25) is 0 Å². The molecule has 19 heavy (non-hydrogen) atoms. The first kappa shape index (κ1) is 15.8. The number of rotatable bonds is 2. The van der Waals surface area contributed by atoms with Gasteiger partial charge < -0.3 is 27.5 Å². The number of hydrogen-bond acceptors (Lipinski definition) is 1. The van der Waals surface area contributed by atoms with E-state index in [9.17, 15) is 4.79 Å². The van der Waals surface area contributed by atoms with Crippen molar-refractivity contribution in [3.63, 3.8) is 0 Å². The lowest BCUT2D eigenvalue weighted by Crippen LogP contribution is -3.17. The monoisotopic (exact) mass is 283 g/mol. The molecule has 2 amide bonds. The number of hydrogen-bond donors (Lipinski definition) is 2. The summed E-state index contributed by atoms with van der Waals surface area (Å²) in [6.07, 6.45) is 0. The van der Waals surface area contributed by atoms with Gasteiger partial charge >= 0.3 is 6.03 Å². The van der Waals surface area contributed by atoms with Crippen molar-refractivity contribution in [2.75, 3.05) is 31.5 Å². The third-order valence-electron chi connectivity index (χ3n) is 3.53. The van der Waals surface area contributed by atoms with Crippen molar-refractivity contribution in [2.24, 2.45) is 0 Å². The number of carbonyl (C=O) groups is 1. The number of para-hydroxylation sites is 1. The molecule has 1 aromatic rings. The standard InChI is InChI=1S/C14H21N3O.ClH/c1-12(2)16-8-10-17(11-9-16)14(18)15-13-6-4-3-5-7-13;/h3-7,12H,8-11H2,1-2H3,(H,15,18);1H. The second-order valence-corrected chi connectivity index (χ2v) is 5.10. The lowest BCUT2D eigenvalue weighted by molar-refractivity contribution is -0.925. The van der Waals surface area contributed by atoms with Gasteiger partial charge in [0, 0.05) is 5.69 Å². The number of piperazine rings is 1. The first-order chi connectivity index (χ1) is 8.66. The molecule has 0 aliphatic carbocycles. The van der Waals surface area contributed by atoms with Gasteiger partial charge in [-0.2, -0.15) is 0 Å². The van der Waals surface area contributed by atoms with E-state index in [-0.39, 0.29) is 18.4 Å². The average Bonchev–Trinajstić information content (AvgIpc) is 2.40. The van der Waals surface area contributed by atoms with Crippen LogP contribution in [0.5, 0.6) is 0 Å². The van der Waals surface area contributed by atoms with Crippen molar-refractivity contribution in [3.05, 3.63) is 30.3 Å². The molecule has 0 radical (unpaired) electrons. The van der Waals surface area contributed by atoms with Crippen LogP contribution in [0.15, 0.2) is 30.3 Å². The second kappa shape index (κ2) is 7.36. The van der Waals surface area contributed by atoms with Crippen molar-refractivity contribution >= 4 is 11.7 Å². The van der Waals surface area contributed by atoms with E-state index in [1.807, 2.05) is 35.2 Å². The second-order valence-electron chi connectivity index (χ2n) is 5.10. The number of urea groups is 1. The number of nitrogens with zero attached hydrogens (tertiary/aromatic N) is 1. The van der Waals surface area contributed by atoms with Crippen molar-refractivity contribution < 1.29 is 22.1 Å². The Labute approximate surface area is 121 Å². The fourth-order valence-electron chi connectivity index (χ4n) is 2.30. The number of halogens is 1. The maximum absolute atomic E-state index is 12.0. The zero-order valence-corrected chi connectivity index (χ0v) is 12.3. The van der Waals surface area contributed by atoms with Crippen LogP contribution < -0.4 is 22.6 Å². The molecule has 0 bridgehead atoms. The molecular weight excluding hydrogens is 262 g/mol. The summed E-state index contributed by atoms with van der Waals surface area (Å²) >= 11 is 0. The van der Waals surface area contributed by atoms with E-state index in [0.29, 0.717) is 6.04 Å². The van der Waals surface area contributed by atoms with E-state index in [1.54, 1.807) is 4.90 Å². The maximum atomic E-state index is 12.0. The molecule has 0 unspecified atom stereocenters. The summed E-state index contributed by atoms with van der Waals surface area (Å²) in [4.78, 5) is 15.5. The third-order valence-corrected chi connectivity index (χ3v) is 3.53. The molecule has 1 saturated heterocycles. The molecular formula is C14H22ClN3O. The van der Waals surface area contributed by atoms with Crippen LogP contribution in [-0.2, 0) is 0 Å². The fourth-order valence-corrected chi connectivity index (χ4v) is 2.30. The smallest absolute Gasteiger partial charge is 0.322 e. The summed E-state index contributed by atoms with van der Waals surface area (Å²) in [5, 5.41) is 2.93. The summed E-state index contributed by atoms with van der Waals surface area (Å²) in [7, 11) is 0. The van der Waals surface area contributed by atoms with Crippen LogP contribution in [0.25, 0.3) is 0 Å². The number of carbonyl (C=O) groups excluding carboxylic acids is 1. The Morgan fingerprint density at radius 2 is 1.79 bits per heavy atom. The highest BCUT2D eigenvalue weighted by atomic mass is 35.5. The van der Waals surface area contributed by atoms with Crippen LogP contribution in [-0.4, -0.2) is 43.2 Å². The quantitative estimate of drug-likeness (QED) is 0.637. The van der Waals surface area contributed by atoms with Crippen molar-refractivity contribution in [3.8, 4) is 0 Å². The summed E-state index contributed by atoms with van der Waals surface area (Å²) < 4.78 is 0. The van der Waals surface area contributed by atoms with Gasteiger partial charge in [-0.05, 0) is 26.0 Å². The number of benzene rings is 1. The average molecular weight is 284 g/mol. The molecule has 106 valence electrons. The first-order valence-electron chi connectivity index (χ1n) is 6.62. The number of quaternary nitrogens is 1. The van der Waals surface area contributed by atoms with Gasteiger partial charge in [0.05, 0.1) is 32.2 Å². The number of amides is 2. The Kier molecular flexibility index (Phi) is 6.12. The highest BCUT2D eigenvalue weighted by Gasteiger charge is 2.24. The van der Waals surface area contributed by atoms with Gasteiger partial charge in [0.15, 0.2) is 0 Å². The molecule has 5 heteroatoms. The molecule has 1 fully saturated rings. The first-order valence-corrected chi connectivity index (χ1v) is 6.62. The molecule has 0 atom stereocenters. The number of anilines is 1. The van der Waals surface area contributed by atoms with E-state index in [0.717, 1.165) is 31.9 Å². The van der Waals surface area contributed by atoms with E-state index >= 15 is 0 Å². The Balaban J connectivity index is 0.00000180. The third kappa shape index (κ3) is 4.40. The Morgan fingerprint density at radius 1 is 1.21 bits per heavy atom. The van der Waals surface area contributed by atoms with Crippen molar-refractivity contribution in [1.82, 2.24) is 4.90 Å². The normalized spacial score (nSPS) is 16.1. The molecule has 1 heterocycles. The maximum Gasteiger partial charge on any atom is 0.322 e. The Hall–Kier alpha value is -1.26. The van der Waals surface area contributed by atoms with Gasteiger partial charge in [-0.15, -0.1) is 0 Å². The zero-order chi connectivity index (χ0) is 13.0. The largest absolute Gasteiger partial charge is 1.00 e. The van der Waals surface area contributed by atoms with Crippen LogP contribution in [0.3, 0.4) is 0 Å². The van der Waals surface area contributed by atoms with Gasteiger partial charge in [-0.25, -0.2) is 4.79 Å². The molecule has 1 aliphatic rings. The minimum Gasteiger partial charge on any atom is -1.00 e. The predicted octanol–water partition coefficient (Wildman–Crippen LogP) is -2.17. The summed E-state index contributed by atoms with van der Waals surface area (Å²) in [5.74, 6) is 0. The van der Waals surface area contributed by atoms with E-state index in [1.165, 1.54) is 0 Å². The molecule has 1 aromatic carbocycles. The molecule has 0 aromatic heterocycles. The van der Waals surface area contributed by atoms with Crippen LogP contribution >= 0.6 is 0 Å². The summed E-state index contributed by atoms with van der Waals surface area (Å²) in [6.45, 7) is 8.22. The van der Waals surface area contributed by atoms with E-state index < -0.39 is 0 Å². The fraction of sp³-hybridized carbons (Fsp3) is 0.500. The molecule has 2 N–H and O–H groups in total. The van der Waals surface area contributed by atoms with Gasteiger partial charge in [0.2, 0.25) is 0 Å². The highest BCUT2D eigenvalue weighted by molar-refractivity contribution is 5.89. The van der Waals surface area contributed by atoms with Crippen LogP contribution in [0, 0.1) is 0 Å². The molecule has 4 nitrogen and oxygen atoms in total. The topological polar surface area (TPSA) is 36.8 Å². The molecule has 0 saturated carbocycles. The number of nitrogens with one attached hydrogen (secondary N) is 2. The molecule has 1 aliphatic heterocycles. The van der Waals surface area contributed by atoms with Crippen LogP contribution in [0.4, 0.5) is 10.5 Å². The summed E-state index contributed by atoms with van der Waals surface area (Å²) in [5.41, 5.74) is 0.862. The molecule has 2 rings (SSSR count). The summed E-state index contributed by atoms with van der Waals surface area (Å²) in [6, 6.07) is 10.3. The highest BCUT2D eigenvalue weighted by Crippen LogP contribution is 2.06. The van der Waals surface area contributed by atoms with Crippen molar-refractivity contribution in [2.45, 2.75) is 19.9 Å². The SMILES string of the molecule is CC(C)[NH+]1CCN(C(=O)Nc2ccccc2)CC1.[Cl-]. The predicted molar refractivity (Wildman–Crippen MR) is 72.9 cm³/mol. The Bertz CT molecular complexity index is 389. The lowest BCUT2D eigenvalue weighted by Gasteiger charge is -2.34. The minimum atomic E-state index is 0.